The number of hydrogen-bond donors (Lipinski definition) is 1. The highest BCUT2D eigenvalue weighted by atomic mass is 16.4. The van der Waals surface area contributed by atoms with Crippen LogP contribution in [0.5, 0.6) is 0 Å². The zero-order chi connectivity index (χ0) is 23.5. The van der Waals surface area contributed by atoms with Gasteiger partial charge in [-0.3, -0.25) is 0 Å². The highest BCUT2D eigenvalue weighted by Gasteiger charge is 2.31. The number of fused-ring (bicyclic) bond motifs is 1. The molecule has 0 radical (unpaired) electrons. The van der Waals surface area contributed by atoms with E-state index in [-0.39, 0.29) is 11.8 Å². The van der Waals surface area contributed by atoms with Crippen LogP contribution < -0.4 is 4.90 Å². The molecule has 5 rings (SSSR count). The molecule has 174 valence electrons. The van der Waals surface area contributed by atoms with E-state index in [2.05, 4.69) is 59.5 Å². The van der Waals surface area contributed by atoms with Crippen LogP contribution in [0.4, 0.5) is 5.69 Å². The number of hydrogen-bond acceptors (Lipinski definition) is 3. The summed E-state index contributed by atoms with van der Waals surface area (Å²) in [4.78, 5) is 25.1. The summed E-state index contributed by atoms with van der Waals surface area (Å²) in [6.07, 6.45) is 5.94. The summed E-state index contributed by atoms with van der Waals surface area (Å²) in [6, 6.07) is 25.3. The van der Waals surface area contributed by atoms with Gasteiger partial charge in [0.1, 0.15) is 6.29 Å². The van der Waals surface area contributed by atoms with Gasteiger partial charge in [-0.05, 0) is 84.5 Å². The van der Waals surface area contributed by atoms with Gasteiger partial charge in [0, 0.05) is 30.6 Å². The first-order valence-electron chi connectivity index (χ1n) is 12.4. The summed E-state index contributed by atoms with van der Waals surface area (Å²) in [5.74, 6) is -0.156. The van der Waals surface area contributed by atoms with Crippen molar-refractivity contribution < 1.29 is 14.7 Å². The van der Waals surface area contributed by atoms with Crippen molar-refractivity contribution in [2.24, 2.45) is 5.92 Å². The predicted molar refractivity (Wildman–Crippen MR) is 135 cm³/mol. The van der Waals surface area contributed by atoms with Crippen LogP contribution >= 0.6 is 0 Å². The Morgan fingerprint density at radius 2 is 1.62 bits per heavy atom. The van der Waals surface area contributed by atoms with Crippen molar-refractivity contribution in [3.05, 3.63) is 101 Å². The summed E-state index contributed by atoms with van der Waals surface area (Å²) >= 11 is 0. The van der Waals surface area contributed by atoms with E-state index < -0.39 is 5.97 Å². The van der Waals surface area contributed by atoms with Crippen LogP contribution in [0.3, 0.4) is 0 Å². The van der Waals surface area contributed by atoms with Crippen molar-refractivity contribution in [3.8, 4) is 0 Å². The lowest BCUT2D eigenvalue weighted by Gasteiger charge is -2.32. The second kappa shape index (κ2) is 9.84. The van der Waals surface area contributed by atoms with Gasteiger partial charge in [0.2, 0.25) is 0 Å². The van der Waals surface area contributed by atoms with Gasteiger partial charge in [-0.1, -0.05) is 48.5 Å². The number of rotatable bonds is 5. The Bertz CT molecular complexity index is 1150. The molecule has 1 aliphatic heterocycles. The summed E-state index contributed by atoms with van der Waals surface area (Å²) in [5, 5.41) is 9.53. The molecule has 0 saturated carbocycles. The minimum atomic E-state index is -0.870. The van der Waals surface area contributed by atoms with Gasteiger partial charge in [0.15, 0.2) is 0 Å². The van der Waals surface area contributed by atoms with E-state index in [1.807, 2.05) is 12.1 Å². The monoisotopic (exact) mass is 453 g/mol. The molecule has 0 aromatic heterocycles. The summed E-state index contributed by atoms with van der Waals surface area (Å²) in [5.41, 5.74) is 6.58. The predicted octanol–water partition coefficient (Wildman–Crippen LogP) is 6.05. The van der Waals surface area contributed by atoms with Crippen LogP contribution in [0.2, 0.25) is 0 Å². The Hall–Kier alpha value is -3.40. The molecule has 1 fully saturated rings. The van der Waals surface area contributed by atoms with Crippen molar-refractivity contribution in [1.82, 2.24) is 0 Å². The molecule has 1 saturated heterocycles. The van der Waals surface area contributed by atoms with E-state index >= 15 is 0 Å². The Morgan fingerprint density at radius 3 is 2.29 bits per heavy atom. The maximum atomic E-state index is 11.6. The molecule has 1 N–H and O–H groups in total. The number of carbonyl (C=O) groups is 2. The molecule has 3 aromatic carbocycles. The van der Waals surface area contributed by atoms with Crippen LogP contribution in [-0.2, 0) is 11.2 Å². The topological polar surface area (TPSA) is 57.6 Å². The van der Waals surface area contributed by atoms with Crippen LogP contribution in [0.15, 0.2) is 72.8 Å². The molecule has 2 atom stereocenters. The van der Waals surface area contributed by atoms with E-state index in [1.165, 1.54) is 22.4 Å². The molecule has 1 aliphatic carbocycles. The SMILES string of the molecule is O=CC1CCN(c2ccc(C3c4ccc(C(=O)O)cc4CCCC3c3ccccc3)cc2)CC1. The van der Waals surface area contributed by atoms with E-state index in [0.717, 1.165) is 57.0 Å². The normalized spacial score (nSPS) is 20.9. The lowest BCUT2D eigenvalue weighted by Crippen LogP contribution is -2.34. The van der Waals surface area contributed by atoms with E-state index in [9.17, 15) is 14.7 Å². The highest BCUT2D eigenvalue weighted by molar-refractivity contribution is 5.88. The number of anilines is 1. The molecule has 0 bridgehead atoms. The highest BCUT2D eigenvalue weighted by Crippen LogP contribution is 2.45. The lowest BCUT2D eigenvalue weighted by molar-refractivity contribution is -0.111. The number of carboxylic acids is 1. The number of benzene rings is 3. The van der Waals surface area contributed by atoms with E-state index in [4.69, 9.17) is 0 Å². The number of piperidine rings is 1. The number of carbonyl (C=O) groups excluding carboxylic acids is 1. The first-order valence-corrected chi connectivity index (χ1v) is 12.4. The van der Waals surface area contributed by atoms with E-state index in [0.29, 0.717) is 11.5 Å². The summed E-state index contributed by atoms with van der Waals surface area (Å²) < 4.78 is 0. The minimum absolute atomic E-state index is 0.178. The average molecular weight is 454 g/mol. The van der Waals surface area contributed by atoms with Crippen molar-refractivity contribution in [2.75, 3.05) is 18.0 Å². The Morgan fingerprint density at radius 1 is 0.882 bits per heavy atom. The molecule has 34 heavy (non-hydrogen) atoms. The van der Waals surface area contributed by atoms with Gasteiger partial charge >= 0.3 is 5.97 Å². The molecular formula is C30H31NO3. The van der Waals surface area contributed by atoms with Crippen molar-refractivity contribution in [3.63, 3.8) is 0 Å². The molecular weight excluding hydrogens is 422 g/mol. The van der Waals surface area contributed by atoms with Crippen LogP contribution in [0.1, 0.15) is 70.1 Å². The Labute approximate surface area is 201 Å². The first kappa shape index (κ1) is 22.4. The van der Waals surface area contributed by atoms with Crippen molar-refractivity contribution in [1.29, 1.82) is 0 Å². The standard InChI is InChI=1S/C30H31NO3/c32-20-21-15-17-31(18-16-21)26-12-9-23(10-13-26)29-27(22-5-2-1-3-6-22)8-4-7-24-19-25(30(33)34)11-14-28(24)29/h1-3,5-6,9-14,19-21,27,29H,4,7-8,15-18H2,(H,33,34). The Kier molecular flexibility index (Phi) is 6.48. The number of carboxylic acid groups (broad SMARTS) is 1. The zero-order valence-corrected chi connectivity index (χ0v) is 19.4. The van der Waals surface area contributed by atoms with Gasteiger partial charge in [-0.25, -0.2) is 4.79 Å². The van der Waals surface area contributed by atoms with Gasteiger partial charge in [-0.15, -0.1) is 0 Å². The van der Waals surface area contributed by atoms with Gasteiger partial charge < -0.3 is 14.8 Å². The fourth-order valence-electron chi connectivity index (χ4n) is 5.81. The smallest absolute Gasteiger partial charge is 0.335 e. The van der Waals surface area contributed by atoms with Gasteiger partial charge in [-0.2, -0.15) is 0 Å². The van der Waals surface area contributed by atoms with Crippen molar-refractivity contribution in [2.45, 2.75) is 43.9 Å². The number of nitrogens with zero attached hydrogens (tertiary/aromatic N) is 1. The number of aldehydes is 1. The second-order valence-corrected chi connectivity index (χ2v) is 9.66. The average Bonchev–Trinajstić information content (AvgIpc) is 3.08. The second-order valence-electron chi connectivity index (χ2n) is 9.66. The molecule has 4 nitrogen and oxygen atoms in total. The molecule has 0 amide bonds. The number of aromatic carboxylic acids is 1. The molecule has 2 aliphatic rings. The largest absolute Gasteiger partial charge is 0.478 e. The third-order valence-electron chi connectivity index (χ3n) is 7.67. The molecule has 2 unspecified atom stereocenters. The maximum absolute atomic E-state index is 11.6. The van der Waals surface area contributed by atoms with E-state index in [1.54, 1.807) is 6.07 Å². The summed E-state index contributed by atoms with van der Waals surface area (Å²) in [7, 11) is 0. The Balaban J connectivity index is 1.52. The molecule has 4 heteroatoms. The van der Waals surface area contributed by atoms with Crippen LogP contribution in [-0.4, -0.2) is 30.5 Å². The first-order chi connectivity index (χ1) is 16.6. The zero-order valence-electron chi connectivity index (χ0n) is 19.4. The fraction of sp³-hybridized carbons (Fsp3) is 0.333. The third-order valence-corrected chi connectivity index (χ3v) is 7.67. The van der Waals surface area contributed by atoms with Crippen LogP contribution in [0.25, 0.3) is 0 Å². The summed E-state index contributed by atoms with van der Waals surface area (Å²) in [6.45, 7) is 1.83. The van der Waals surface area contributed by atoms with Crippen molar-refractivity contribution >= 4 is 17.9 Å². The molecule has 1 heterocycles. The van der Waals surface area contributed by atoms with Gasteiger partial charge in [0.05, 0.1) is 5.56 Å². The third kappa shape index (κ3) is 4.50. The quantitative estimate of drug-likeness (QED) is 0.377. The number of aryl methyl sites for hydroxylation is 1. The van der Waals surface area contributed by atoms with Crippen LogP contribution in [0, 0.1) is 5.92 Å². The lowest BCUT2D eigenvalue weighted by atomic mass is 9.75. The van der Waals surface area contributed by atoms with Gasteiger partial charge in [0.25, 0.3) is 0 Å². The molecule has 3 aromatic rings. The minimum Gasteiger partial charge on any atom is -0.478 e. The maximum Gasteiger partial charge on any atom is 0.335 e. The fourth-order valence-corrected chi connectivity index (χ4v) is 5.81. The molecule has 0 spiro atoms.